The highest BCUT2D eigenvalue weighted by molar-refractivity contribution is 9.10. The molecular formula is C19H17BrClN7O. The molecule has 0 amide bonds. The molecule has 1 aromatic carbocycles. The number of halogens is 2. The van der Waals surface area contributed by atoms with Crippen LogP contribution in [0.15, 0.2) is 33.5 Å². The zero-order chi connectivity index (χ0) is 18.8. The van der Waals surface area contributed by atoms with E-state index in [0.29, 0.717) is 30.5 Å². The molecule has 29 heavy (non-hydrogen) atoms. The Labute approximate surface area is 180 Å². The minimum Gasteiger partial charge on any atom is -0.339 e. The summed E-state index contributed by atoms with van der Waals surface area (Å²) in [7, 11) is 0. The van der Waals surface area contributed by atoms with Crippen LogP contribution in [0.3, 0.4) is 0 Å². The quantitative estimate of drug-likeness (QED) is 0.395. The van der Waals surface area contributed by atoms with Crippen molar-refractivity contribution in [3.05, 3.63) is 57.9 Å². The third kappa shape index (κ3) is 3.08. The highest BCUT2D eigenvalue weighted by Crippen LogP contribution is 2.39. The normalized spacial score (nSPS) is 14.6. The van der Waals surface area contributed by atoms with Crippen molar-refractivity contribution in [1.29, 1.82) is 0 Å². The fraction of sp³-hybridized carbons (Fsp3) is 0.316. The maximum atomic E-state index is 5.37. The Balaban J connectivity index is 0.00000181. The molecular weight excluding hydrogens is 458 g/mol. The van der Waals surface area contributed by atoms with E-state index in [1.165, 1.54) is 0 Å². The van der Waals surface area contributed by atoms with E-state index >= 15 is 0 Å². The van der Waals surface area contributed by atoms with Gasteiger partial charge in [0, 0.05) is 16.0 Å². The lowest BCUT2D eigenvalue weighted by molar-refractivity contribution is 0.374. The fourth-order valence-electron chi connectivity index (χ4n) is 3.65. The van der Waals surface area contributed by atoms with Gasteiger partial charge >= 0.3 is 0 Å². The lowest BCUT2D eigenvalue weighted by Gasteiger charge is -2.08. The van der Waals surface area contributed by atoms with Crippen molar-refractivity contribution in [2.24, 2.45) is 0 Å². The van der Waals surface area contributed by atoms with Crippen LogP contribution in [0.1, 0.15) is 47.7 Å². The summed E-state index contributed by atoms with van der Waals surface area (Å²) in [6.45, 7) is 2.63. The van der Waals surface area contributed by atoms with Crippen LogP contribution >= 0.6 is 28.3 Å². The molecule has 6 rings (SSSR count). The van der Waals surface area contributed by atoms with Gasteiger partial charge in [-0.05, 0) is 38.0 Å². The topological polar surface area (TPSA) is 87.5 Å². The Morgan fingerprint density at radius 3 is 2.90 bits per heavy atom. The van der Waals surface area contributed by atoms with Gasteiger partial charge in [0.15, 0.2) is 17.5 Å². The minimum atomic E-state index is 0. The van der Waals surface area contributed by atoms with Crippen molar-refractivity contribution in [2.75, 3.05) is 0 Å². The van der Waals surface area contributed by atoms with E-state index in [0.717, 1.165) is 51.7 Å². The predicted octanol–water partition coefficient (Wildman–Crippen LogP) is 3.84. The molecule has 0 N–H and O–H groups in total. The van der Waals surface area contributed by atoms with Gasteiger partial charge < -0.3 is 9.09 Å². The van der Waals surface area contributed by atoms with Gasteiger partial charge in [0.2, 0.25) is 5.89 Å². The SMILES string of the molecule is Cc1ncn2c1Cn1nc(Cc3noc(C4CC4)n3)nc1-c1cc(Br)ccc1-2.Cl. The second kappa shape index (κ2) is 6.77. The number of rotatable bonds is 3. The van der Waals surface area contributed by atoms with Gasteiger partial charge in [-0.15, -0.1) is 12.4 Å². The van der Waals surface area contributed by atoms with E-state index < -0.39 is 0 Å². The third-order valence-corrected chi connectivity index (χ3v) is 5.77. The number of hydrogen-bond acceptors (Lipinski definition) is 6. The van der Waals surface area contributed by atoms with Crippen LogP contribution in [0.4, 0.5) is 0 Å². The Morgan fingerprint density at radius 2 is 2.07 bits per heavy atom. The van der Waals surface area contributed by atoms with Gasteiger partial charge in [-0.25, -0.2) is 14.6 Å². The monoisotopic (exact) mass is 473 g/mol. The number of nitrogens with zero attached hydrogens (tertiary/aromatic N) is 7. The summed E-state index contributed by atoms with van der Waals surface area (Å²) in [4.78, 5) is 13.8. The zero-order valence-electron chi connectivity index (χ0n) is 15.5. The molecule has 0 bridgehead atoms. The van der Waals surface area contributed by atoms with Crippen molar-refractivity contribution in [3.8, 4) is 17.1 Å². The first-order valence-corrected chi connectivity index (χ1v) is 10.0. The average Bonchev–Trinajstić information content (AvgIpc) is 3.18. The number of aromatic nitrogens is 7. The van der Waals surface area contributed by atoms with Gasteiger partial charge in [-0.1, -0.05) is 21.1 Å². The van der Waals surface area contributed by atoms with Crippen LogP contribution in [0.2, 0.25) is 0 Å². The van der Waals surface area contributed by atoms with E-state index in [2.05, 4.69) is 47.8 Å². The van der Waals surface area contributed by atoms with Crippen LogP contribution in [0.25, 0.3) is 17.1 Å². The van der Waals surface area contributed by atoms with E-state index in [4.69, 9.17) is 14.6 Å². The van der Waals surface area contributed by atoms with Crippen molar-refractivity contribution in [3.63, 3.8) is 0 Å². The summed E-state index contributed by atoms with van der Waals surface area (Å²) in [5.74, 6) is 3.35. The van der Waals surface area contributed by atoms with Crippen LogP contribution in [0.5, 0.6) is 0 Å². The van der Waals surface area contributed by atoms with E-state index in [9.17, 15) is 0 Å². The molecule has 4 heterocycles. The Hall–Kier alpha value is -2.52. The second-order valence-electron chi connectivity index (χ2n) is 7.32. The maximum Gasteiger partial charge on any atom is 0.229 e. The predicted molar refractivity (Wildman–Crippen MR) is 110 cm³/mol. The van der Waals surface area contributed by atoms with Crippen LogP contribution in [-0.4, -0.2) is 34.5 Å². The summed E-state index contributed by atoms with van der Waals surface area (Å²) in [6, 6.07) is 6.18. The zero-order valence-corrected chi connectivity index (χ0v) is 17.9. The van der Waals surface area contributed by atoms with E-state index in [1.807, 2.05) is 24.0 Å². The van der Waals surface area contributed by atoms with Crippen LogP contribution < -0.4 is 0 Å². The molecule has 1 aliphatic heterocycles. The molecule has 4 aromatic rings. The Morgan fingerprint density at radius 1 is 1.21 bits per heavy atom. The molecule has 8 nitrogen and oxygen atoms in total. The first kappa shape index (κ1) is 18.5. The largest absolute Gasteiger partial charge is 0.339 e. The molecule has 2 aliphatic rings. The third-order valence-electron chi connectivity index (χ3n) is 5.28. The number of fused-ring (bicyclic) bond motifs is 5. The Kier molecular flexibility index (Phi) is 4.32. The first-order valence-electron chi connectivity index (χ1n) is 9.25. The van der Waals surface area contributed by atoms with Crippen LogP contribution in [-0.2, 0) is 13.0 Å². The maximum absolute atomic E-state index is 5.37. The molecule has 10 heteroatoms. The van der Waals surface area contributed by atoms with Crippen molar-refractivity contribution in [2.45, 2.75) is 38.6 Å². The molecule has 0 radical (unpaired) electrons. The van der Waals surface area contributed by atoms with Gasteiger partial charge in [0.25, 0.3) is 0 Å². The first-order chi connectivity index (χ1) is 13.7. The van der Waals surface area contributed by atoms with Crippen LogP contribution in [0, 0.1) is 6.92 Å². The van der Waals surface area contributed by atoms with Crippen molar-refractivity contribution >= 4 is 28.3 Å². The standard InChI is InChI=1S/C19H16BrN7O.ClH/c1-10-15-8-27-18(13-6-12(20)4-5-14(13)26(15)9-21-10)22-16(24-27)7-17-23-19(28-25-17)11-2-3-11;/h4-6,9,11H,2-3,7-8H2,1H3;1H. The fourth-order valence-corrected chi connectivity index (χ4v) is 4.01. The molecule has 0 saturated heterocycles. The minimum absolute atomic E-state index is 0. The second-order valence-corrected chi connectivity index (χ2v) is 8.23. The summed E-state index contributed by atoms with van der Waals surface area (Å²) in [5, 5.41) is 8.85. The van der Waals surface area contributed by atoms with Gasteiger partial charge in [-0.3, -0.25) is 0 Å². The number of aryl methyl sites for hydroxylation is 1. The van der Waals surface area contributed by atoms with Crippen molar-refractivity contribution in [1.82, 2.24) is 34.5 Å². The number of hydrogen-bond donors (Lipinski definition) is 0. The summed E-state index contributed by atoms with van der Waals surface area (Å²) in [5.41, 5.74) is 4.16. The summed E-state index contributed by atoms with van der Waals surface area (Å²) < 4.78 is 10.4. The smallest absolute Gasteiger partial charge is 0.229 e. The summed E-state index contributed by atoms with van der Waals surface area (Å²) in [6.07, 6.45) is 4.59. The van der Waals surface area contributed by atoms with Gasteiger partial charge in [0.1, 0.15) is 0 Å². The molecule has 1 fully saturated rings. The molecule has 3 aromatic heterocycles. The summed E-state index contributed by atoms with van der Waals surface area (Å²) >= 11 is 3.58. The van der Waals surface area contributed by atoms with E-state index in [-0.39, 0.29) is 12.4 Å². The molecule has 1 saturated carbocycles. The van der Waals surface area contributed by atoms with Gasteiger partial charge in [-0.2, -0.15) is 10.1 Å². The Bertz CT molecular complexity index is 1220. The van der Waals surface area contributed by atoms with Gasteiger partial charge in [0.05, 0.1) is 36.4 Å². The molecule has 0 unspecified atom stereocenters. The molecule has 0 atom stereocenters. The van der Waals surface area contributed by atoms with Crippen molar-refractivity contribution < 1.29 is 4.52 Å². The average molecular weight is 475 g/mol. The lowest BCUT2D eigenvalue weighted by atomic mass is 10.1. The number of benzene rings is 1. The highest BCUT2D eigenvalue weighted by Gasteiger charge is 2.30. The molecule has 0 spiro atoms. The molecule has 148 valence electrons. The molecule has 1 aliphatic carbocycles. The van der Waals surface area contributed by atoms with E-state index in [1.54, 1.807) is 0 Å². The lowest BCUT2D eigenvalue weighted by Crippen LogP contribution is -2.06. The highest BCUT2D eigenvalue weighted by atomic mass is 79.9. The number of imidazole rings is 1.